The largest absolute Gasteiger partial charge is 0.231 e. The van der Waals surface area contributed by atoms with Gasteiger partial charge in [-0.05, 0) is 30.9 Å². The zero-order chi connectivity index (χ0) is 34.3. The summed E-state index contributed by atoms with van der Waals surface area (Å²) in [5.41, 5.74) is 12.6. The van der Waals surface area contributed by atoms with Gasteiger partial charge >= 0.3 is 0 Å². The first-order valence-corrected chi connectivity index (χ1v) is 17.2. The van der Waals surface area contributed by atoms with Gasteiger partial charge < -0.3 is 0 Å². The molecule has 0 fully saturated rings. The molecule has 0 aliphatic rings. The van der Waals surface area contributed by atoms with Gasteiger partial charge in [0.25, 0.3) is 0 Å². The van der Waals surface area contributed by atoms with Crippen LogP contribution in [0.2, 0.25) is 0 Å². The van der Waals surface area contributed by atoms with Crippen LogP contribution in [0.3, 0.4) is 0 Å². The first kappa shape index (κ1) is 30.3. The van der Waals surface area contributed by atoms with Gasteiger partial charge in [-0.3, -0.25) is 0 Å². The molecule has 0 aliphatic carbocycles. The highest BCUT2D eigenvalue weighted by Crippen LogP contribution is 2.41. The lowest BCUT2D eigenvalue weighted by Gasteiger charge is -2.10. The molecule has 51 heavy (non-hydrogen) atoms. The standard InChI is InChI=1S/C46H33N5/c1-30-17-21-35(22-18-30)44-47-45(36-23-19-31(2)20-24-36)49-46(48-44)37-27-25-34(26-28-37)42-41(33-13-7-4-8-14-33)43-39-16-10-9-15-38(39)29-40(51(43)50-42)32-11-5-3-6-12-32/h3-29H,1-2H3. The number of rotatable bonds is 6. The van der Waals surface area contributed by atoms with E-state index < -0.39 is 0 Å². The molecule has 0 N–H and O–H groups in total. The molecular weight excluding hydrogens is 623 g/mol. The van der Waals surface area contributed by atoms with E-state index >= 15 is 0 Å². The maximum absolute atomic E-state index is 5.39. The minimum absolute atomic E-state index is 0.623. The minimum atomic E-state index is 0.623. The number of hydrogen-bond acceptors (Lipinski definition) is 4. The third-order valence-corrected chi connectivity index (χ3v) is 9.43. The van der Waals surface area contributed by atoms with Crippen molar-refractivity contribution in [3.63, 3.8) is 0 Å². The summed E-state index contributed by atoms with van der Waals surface area (Å²) >= 11 is 0. The monoisotopic (exact) mass is 655 g/mol. The van der Waals surface area contributed by atoms with E-state index in [2.05, 4.69) is 176 Å². The van der Waals surface area contributed by atoms with Crippen molar-refractivity contribution in [3.8, 4) is 67.8 Å². The van der Waals surface area contributed by atoms with E-state index in [4.69, 9.17) is 20.1 Å². The fraction of sp³-hybridized carbons (Fsp3) is 0.0435. The Morgan fingerprint density at radius 3 is 1.41 bits per heavy atom. The molecule has 5 nitrogen and oxygen atoms in total. The number of pyridine rings is 1. The van der Waals surface area contributed by atoms with E-state index in [9.17, 15) is 0 Å². The number of benzene rings is 6. The van der Waals surface area contributed by atoms with Crippen molar-refractivity contribution in [2.24, 2.45) is 0 Å². The molecule has 9 rings (SSSR count). The summed E-state index contributed by atoms with van der Waals surface area (Å²) in [4.78, 5) is 14.9. The van der Waals surface area contributed by atoms with Crippen LogP contribution in [-0.4, -0.2) is 24.6 Å². The van der Waals surface area contributed by atoms with Gasteiger partial charge in [0, 0.05) is 38.8 Å². The van der Waals surface area contributed by atoms with Crippen molar-refractivity contribution in [1.29, 1.82) is 0 Å². The number of aromatic nitrogens is 5. The van der Waals surface area contributed by atoms with E-state index in [-0.39, 0.29) is 0 Å². The van der Waals surface area contributed by atoms with Crippen molar-refractivity contribution in [2.45, 2.75) is 13.8 Å². The Morgan fingerprint density at radius 2 is 0.863 bits per heavy atom. The van der Waals surface area contributed by atoms with Crippen LogP contribution >= 0.6 is 0 Å². The Bertz CT molecular complexity index is 2600. The molecule has 242 valence electrons. The van der Waals surface area contributed by atoms with Gasteiger partial charge in [-0.1, -0.05) is 169 Å². The summed E-state index contributed by atoms with van der Waals surface area (Å²) in [6.45, 7) is 4.16. The van der Waals surface area contributed by atoms with E-state index in [1.54, 1.807) is 0 Å². The van der Waals surface area contributed by atoms with Crippen LogP contribution in [0.25, 0.3) is 84.1 Å². The fourth-order valence-corrected chi connectivity index (χ4v) is 6.73. The lowest BCUT2D eigenvalue weighted by Crippen LogP contribution is -2.00. The van der Waals surface area contributed by atoms with Crippen molar-refractivity contribution < 1.29 is 0 Å². The van der Waals surface area contributed by atoms with Gasteiger partial charge in [-0.15, -0.1) is 0 Å². The molecule has 0 spiro atoms. The maximum atomic E-state index is 5.39. The molecule has 0 aliphatic heterocycles. The van der Waals surface area contributed by atoms with Crippen LogP contribution in [0, 0.1) is 13.8 Å². The van der Waals surface area contributed by atoms with Crippen LogP contribution < -0.4 is 0 Å². The van der Waals surface area contributed by atoms with Crippen LogP contribution in [0.1, 0.15) is 11.1 Å². The van der Waals surface area contributed by atoms with Crippen molar-refractivity contribution in [3.05, 3.63) is 175 Å². The van der Waals surface area contributed by atoms with Crippen molar-refractivity contribution >= 4 is 16.3 Å². The molecule has 0 saturated carbocycles. The zero-order valence-corrected chi connectivity index (χ0v) is 28.3. The number of aryl methyl sites for hydroxylation is 2. The molecule has 0 bridgehead atoms. The Morgan fingerprint density at radius 1 is 0.412 bits per heavy atom. The van der Waals surface area contributed by atoms with Gasteiger partial charge in [0.2, 0.25) is 0 Å². The Labute approximate surface area is 296 Å². The average Bonchev–Trinajstić information content (AvgIpc) is 3.60. The highest BCUT2D eigenvalue weighted by molar-refractivity contribution is 6.08. The third kappa shape index (κ3) is 5.65. The maximum Gasteiger partial charge on any atom is 0.164 e. The highest BCUT2D eigenvalue weighted by Gasteiger charge is 2.22. The van der Waals surface area contributed by atoms with Gasteiger partial charge in [-0.25, -0.2) is 19.5 Å². The predicted molar refractivity (Wildman–Crippen MR) is 208 cm³/mol. The summed E-state index contributed by atoms with van der Waals surface area (Å²) in [7, 11) is 0. The second kappa shape index (κ2) is 12.6. The Balaban J connectivity index is 1.23. The van der Waals surface area contributed by atoms with E-state index in [1.807, 2.05) is 6.07 Å². The fourth-order valence-electron chi connectivity index (χ4n) is 6.73. The molecule has 0 radical (unpaired) electrons. The average molecular weight is 656 g/mol. The van der Waals surface area contributed by atoms with Gasteiger partial charge in [0.05, 0.1) is 11.2 Å². The second-order valence-corrected chi connectivity index (χ2v) is 12.9. The van der Waals surface area contributed by atoms with E-state index in [1.165, 1.54) is 16.5 Å². The summed E-state index contributed by atoms with van der Waals surface area (Å²) in [5, 5.41) is 7.71. The van der Waals surface area contributed by atoms with E-state index in [0.29, 0.717) is 17.5 Å². The number of fused-ring (bicyclic) bond motifs is 3. The molecule has 0 atom stereocenters. The first-order chi connectivity index (χ1) is 25.1. The third-order valence-electron chi connectivity index (χ3n) is 9.43. The minimum Gasteiger partial charge on any atom is -0.231 e. The summed E-state index contributed by atoms with van der Waals surface area (Å²) in [6.07, 6.45) is 0. The molecule has 0 amide bonds. The van der Waals surface area contributed by atoms with Crippen LogP contribution in [0.5, 0.6) is 0 Å². The smallest absolute Gasteiger partial charge is 0.164 e. The molecule has 3 heterocycles. The van der Waals surface area contributed by atoms with Crippen LogP contribution in [0.15, 0.2) is 164 Å². The molecule has 9 aromatic rings. The first-order valence-electron chi connectivity index (χ1n) is 17.2. The van der Waals surface area contributed by atoms with Crippen molar-refractivity contribution in [2.75, 3.05) is 0 Å². The van der Waals surface area contributed by atoms with Crippen LogP contribution in [0.4, 0.5) is 0 Å². The normalized spacial score (nSPS) is 11.3. The topological polar surface area (TPSA) is 56.0 Å². The quantitative estimate of drug-likeness (QED) is 0.179. The van der Waals surface area contributed by atoms with E-state index in [0.717, 1.165) is 61.2 Å². The zero-order valence-electron chi connectivity index (χ0n) is 28.3. The molecule has 3 aromatic heterocycles. The van der Waals surface area contributed by atoms with Crippen molar-refractivity contribution in [1.82, 2.24) is 24.6 Å². The van der Waals surface area contributed by atoms with Crippen LogP contribution in [-0.2, 0) is 0 Å². The predicted octanol–water partition coefficient (Wildman–Crippen LogP) is 11.3. The summed E-state index contributed by atoms with van der Waals surface area (Å²) < 4.78 is 2.12. The molecule has 5 heteroatoms. The number of nitrogens with zero attached hydrogens (tertiary/aromatic N) is 5. The van der Waals surface area contributed by atoms with Gasteiger partial charge in [0.15, 0.2) is 17.5 Å². The summed E-state index contributed by atoms with van der Waals surface area (Å²) in [5.74, 6) is 1.91. The van der Waals surface area contributed by atoms with Gasteiger partial charge in [0.1, 0.15) is 5.69 Å². The molecular formula is C46H33N5. The SMILES string of the molecule is Cc1ccc(-c2nc(-c3ccc(C)cc3)nc(-c3ccc(-c4nn5c(-c6ccccc6)cc6ccccc6c5c4-c4ccccc4)cc3)n2)cc1. The lowest BCUT2D eigenvalue weighted by atomic mass is 9.96. The Hall–Kier alpha value is -6.72. The highest BCUT2D eigenvalue weighted by atomic mass is 15.2. The second-order valence-electron chi connectivity index (χ2n) is 12.9. The summed E-state index contributed by atoms with van der Waals surface area (Å²) in [6, 6.07) is 57.0. The molecule has 6 aromatic carbocycles. The molecule has 0 saturated heterocycles. The lowest BCUT2D eigenvalue weighted by molar-refractivity contribution is 0.979. The Kier molecular flexibility index (Phi) is 7.51. The molecule has 0 unspecified atom stereocenters. The van der Waals surface area contributed by atoms with Gasteiger partial charge in [-0.2, -0.15) is 5.10 Å². The number of hydrogen-bond donors (Lipinski definition) is 0.